The molecule has 2 aliphatic rings. The Bertz CT molecular complexity index is 655. The largest absolute Gasteiger partial charge is 0.334 e. The summed E-state index contributed by atoms with van der Waals surface area (Å²) in [4.78, 5) is 11.8. The Balaban J connectivity index is 1.50. The third-order valence-corrected chi connectivity index (χ3v) is 5.95. The minimum atomic E-state index is -2.96. The van der Waals surface area contributed by atoms with Gasteiger partial charge in [-0.2, -0.15) is 0 Å². The molecule has 2 amide bonds. The smallest absolute Gasteiger partial charge is 0.315 e. The molecule has 0 spiro atoms. The van der Waals surface area contributed by atoms with Gasteiger partial charge in [0, 0.05) is 12.6 Å². The van der Waals surface area contributed by atoms with E-state index in [2.05, 4.69) is 22.8 Å². The van der Waals surface area contributed by atoms with Crippen LogP contribution in [0.15, 0.2) is 18.2 Å². The molecule has 1 aromatic carbocycles. The summed E-state index contributed by atoms with van der Waals surface area (Å²) in [5.74, 6) is 0.224. The highest BCUT2D eigenvalue weighted by molar-refractivity contribution is 7.91. The van der Waals surface area contributed by atoms with Crippen molar-refractivity contribution in [3.05, 3.63) is 34.9 Å². The zero-order valence-electron chi connectivity index (χ0n) is 11.9. The quantitative estimate of drug-likeness (QED) is 0.880. The highest BCUT2D eigenvalue weighted by atomic mass is 32.2. The molecule has 1 atom stereocenters. The van der Waals surface area contributed by atoms with Crippen LogP contribution in [0.3, 0.4) is 0 Å². The van der Waals surface area contributed by atoms with Gasteiger partial charge in [0.25, 0.3) is 0 Å². The predicted octanol–water partition coefficient (Wildman–Crippen LogP) is 1.16. The fraction of sp³-hybridized carbons (Fsp3) is 0.533. The fourth-order valence-corrected chi connectivity index (χ4v) is 4.74. The maximum absolute atomic E-state index is 11.8. The summed E-state index contributed by atoms with van der Waals surface area (Å²) in [7, 11) is -2.96. The Morgan fingerprint density at radius 2 is 2.05 bits per heavy atom. The number of fused-ring (bicyclic) bond motifs is 1. The minimum absolute atomic E-state index is 0.0548. The molecule has 1 heterocycles. The molecule has 21 heavy (non-hydrogen) atoms. The van der Waals surface area contributed by atoms with Crippen LogP contribution >= 0.6 is 0 Å². The molecule has 6 heteroatoms. The van der Waals surface area contributed by atoms with Gasteiger partial charge in [0.15, 0.2) is 9.84 Å². The molecule has 0 radical (unpaired) electrons. The Kier molecular flexibility index (Phi) is 3.89. The SMILES string of the molecule is O=C(NCc1ccc2c(c1)CCC2)N[C@@H]1CCS(=O)(=O)C1. The number of benzene rings is 1. The number of nitrogens with one attached hydrogen (secondary N) is 2. The van der Waals surface area contributed by atoms with Crippen molar-refractivity contribution in [1.29, 1.82) is 0 Å². The van der Waals surface area contributed by atoms with E-state index >= 15 is 0 Å². The normalized spacial score (nSPS) is 22.8. The van der Waals surface area contributed by atoms with E-state index in [1.54, 1.807) is 0 Å². The molecular weight excluding hydrogens is 288 g/mol. The lowest BCUT2D eigenvalue weighted by Gasteiger charge is -2.12. The van der Waals surface area contributed by atoms with Crippen molar-refractivity contribution in [2.75, 3.05) is 11.5 Å². The van der Waals surface area contributed by atoms with Crippen LogP contribution in [0, 0.1) is 0 Å². The molecule has 0 saturated carbocycles. The molecule has 0 bridgehead atoms. The zero-order valence-corrected chi connectivity index (χ0v) is 12.7. The second-order valence-corrected chi connectivity index (χ2v) is 8.11. The van der Waals surface area contributed by atoms with E-state index < -0.39 is 9.84 Å². The summed E-state index contributed by atoms with van der Waals surface area (Å²) in [6, 6.07) is 5.79. The molecule has 1 aliphatic heterocycles. The van der Waals surface area contributed by atoms with E-state index in [1.807, 2.05) is 6.07 Å². The van der Waals surface area contributed by atoms with Gasteiger partial charge in [-0.1, -0.05) is 18.2 Å². The highest BCUT2D eigenvalue weighted by Gasteiger charge is 2.28. The van der Waals surface area contributed by atoms with Gasteiger partial charge in [0.1, 0.15) is 0 Å². The number of amides is 2. The molecule has 0 unspecified atom stereocenters. The van der Waals surface area contributed by atoms with Gasteiger partial charge in [0.05, 0.1) is 11.5 Å². The van der Waals surface area contributed by atoms with E-state index in [0.717, 1.165) is 18.4 Å². The third-order valence-electron chi connectivity index (χ3n) is 4.18. The summed E-state index contributed by atoms with van der Waals surface area (Å²) >= 11 is 0. The Hall–Kier alpha value is -1.56. The Morgan fingerprint density at radius 1 is 1.24 bits per heavy atom. The molecule has 0 aromatic heterocycles. The predicted molar refractivity (Wildman–Crippen MR) is 80.9 cm³/mol. The number of hydrogen-bond acceptors (Lipinski definition) is 3. The van der Waals surface area contributed by atoms with Gasteiger partial charge >= 0.3 is 6.03 Å². The van der Waals surface area contributed by atoms with Gasteiger partial charge in [-0.25, -0.2) is 13.2 Å². The Labute approximate surface area is 125 Å². The molecular formula is C15H20N2O3S. The van der Waals surface area contributed by atoms with Crippen LogP contribution in [0.1, 0.15) is 29.5 Å². The minimum Gasteiger partial charge on any atom is -0.334 e. The van der Waals surface area contributed by atoms with Gasteiger partial charge in [-0.05, 0) is 42.4 Å². The van der Waals surface area contributed by atoms with Crippen molar-refractivity contribution in [2.24, 2.45) is 0 Å². The number of urea groups is 1. The second kappa shape index (κ2) is 5.67. The average Bonchev–Trinajstić information content (AvgIpc) is 3.02. The van der Waals surface area contributed by atoms with Gasteiger partial charge in [0.2, 0.25) is 0 Å². The van der Waals surface area contributed by atoms with E-state index in [-0.39, 0.29) is 23.6 Å². The average molecular weight is 308 g/mol. The maximum Gasteiger partial charge on any atom is 0.315 e. The molecule has 2 N–H and O–H groups in total. The van der Waals surface area contributed by atoms with E-state index in [9.17, 15) is 13.2 Å². The van der Waals surface area contributed by atoms with Crippen LogP contribution in [-0.2, 0) is 29.2 Å². The van der Waals surface area contributed by atoms with Crippen LogP contribution in [0.5, 0.6) is 0 Å². The Morgan fingerprint density at radius 3 is 2.81 bits per heavy atom. The molecule has 1 aromatic rings. The summed E-state index contributed by atoms with van der Waals surface area (Å²) in [6.45, 7) is 0.471. The lowest BCUT2D eigenvalue weighted by Crippen LogP contribution is -2.42. The van der Waals surface area contributed by atoms with Gasteiger partial charge < -0.3 is 10.6 Å². The molecule has 1 saturated heterocycles. The van der Waals surface area contributed by atoms with Gasteiger partial charge in [-0.15, -0.1) is 0 Å². The number of carbonyl (C=O) groups excluding carboxylic acids is 1. The zero-order chi connectivity index (χ0) is 14.9. The number of carbonyl (C=O) groups is 1. The number of hydrogen-bond donors (Lipinski definition) is 2. The summed E-state index contributed by atoms with van der Waals surface area (Å²) in [5, 5.41) is 5.53. The molecule has 3 rings (SSSR count). The first-order valence-electron chi connectivity index (χ1n) is 7.37. The molecule has 5 nitrogen and oxygen atoms in total. The fourth-order valence-electron chi connectivity index (χ4n) is 3.06. The lowest BCUT2D eigenvalue weighted by molar-refractivity contribution is 0.237. The highest BCUT2D eigenvalue weighted by Crippen LogP contribution is 2.22. The molecule has 1 fully saturated rings. The van der Waals surface area contributed by atoms with E-state index in [1.165, 1.54) is 17.5 Å². The standard InChI is InChI=1S/C15H20N2O3S/c18-15(17-14-6-7-21(19,20)10-14)16-9-11-4-5-12-2-1-3-13(12)8-11/h4-5,8,14H,1-3,6-7,9-10H2,(H2,16,17,18)/t14-/m1/s1. The summed E-state index contributed by atoms with van der Waals surface area (Å²) in [6.07, 6.45) is 3.99. The van der Waals surface area contributed by atoms with Crippen molar-refractivity contribution in [3.8, 4) is 0 Å². The van der Waals surface area contributed by atoms with Crippen molar-refractivity contribution < 1.29 is 13.2 Å². The first-order valence-corrected chi connectivity index (χ1v) is 9.19. The van der Waals surface area contributed by atoms with Crippen molar-refractivity contribution in [1.82, 2.24) is 10.6 Å². The number of aryl methyl sites for hydroxylation is 2. The van der Waals surface area contributed by atoms with Crippen molar-refractivity contribution in [2.45, 2.75) is 38.3 Å². The third kappa shape index (κ3) is 3.56. The van der Waals surface area contributed by atoms with E-state index in [4.69, 9.17) is 0 Å². The summed E-state index contributed by atoms with van der Waals surface area (Å²) in [5.41, 5.74) is 3.89. The number of rotatable bonds is 3. The molecule has 114 valence electrons. The lowest BCUT2D eigenvalue weighted by atomic mass is 10.1. The maximum atomic E-state index is 11.8. The van der Waals surface area contributed by atoms with Crippen LogP contribution in [0.25, 0.3) is 0 Å². The number of sulfone groups is 1. The molecule has 1 aliphatic carbocycles. The van der Waals surface area contributed by atoms with E-state index in [0.29, 0.717) is 13.0 Å². The topological polar surface area (TPSA) is 75.3 Å². The van der Waals surface area contributed by atoms with Crippen LogP contribution in [0.2, 0.25) is 0 Å². The van der Waals surface area contributed by atoms with Crippen LogP contribution < -0.4 is 10.6 Å². The second-order valence-electron chi connectivity index (χ2n) is 5.88. The van der Waals surface area contributed by atoms with Crippen molar-refractivity contribution in [3.63, 3.8) is 0 Å². The van der Waals surface area contributed by atoms with Crippen LogP contribution in [-0.4, -0.2) is 32.0 Å². The van der Waals surface area contributed by atoms with Crippen molar-refractivity contribution >= 4 is 15.9 Å². The monoisotopic (exact) mass is 308 g/mol. The first-order chi connectivity index (χ1) is 10.0. The van der Waals surface area contributed by atoms with Gasteiger partial charge in [-0.3, -0.25) is 0 Å². The van der Waals surface area contributed by atoms with Crippen LogP contribution in [0.4, 0.5) is 4.79 Å². The summed E-state index contributed by atoms with van der Waals surface area (Å²) < 4.78 is 22.7. The first kappa shape index (κ1) is 14.4.